The van der Waals surface area contributed by atoms with Gasteiger partial charge in [0, 0.05) is 24.3 Å². The molecule has 152 valence electrons. The Labute approximate surface area is 171 Å². The van der Waals surface area contributed by atoms with Crippen molar-refractivity contribution in [2.75, 3.05) is 30.4 Å². The van der Waals surface area contributed by atoms with Crippen molar-refractivity contribution in [1.29, 1.82) is 0 Å². The van der Waals surface area contributed by atoms with E-state index in [1.807, 2.05) is 11.0 Å². The molecular weight excluding hydrogens is 366 g/mol. The molecule has 1 N–H and O–H groups in total. The van der Waals surface area contributed by atoms with E-state index in [2.05, 4.69) is 17.1 Å². The van der Waals surface area contributed by atoms with Gasteiger partial charge in [-0.25, -0.2) is 0 Å². The van der Waals surface area contributed by atoms with Crippen LogP contribution in [0, 0.1) is 0 Å². The van der Waals surface area contributed by atoms with Gasteiger partial charge >= 0.3 is 0 Å². The number of rotatable bonds is 4. The van der Waals surface area contributed by atoms with E-state index >= 15 is 0 Å². The van der Waals surface area contributed by atoms with Crippen molar-refractivity contribution in [3.63, 3.8) is 0 Å². The Hall–Kier alpha value is -3.02. The molecule has 0 radical (unpaired) electrons. The average molecular weight is 393 g/mol. The van der Waals surface area contributed by atoms with E-state index in [0.717, 1.165) is 50.2 Å². The molecule has 6 heteroatoms. The van der Waals surface area contributed by atoms with Crippen molar-refractivity contribution >= 4 is 23.2 Å². The van der Waals surface area contributed by atoms with Gasteiger partial charge in [0.25, 0.3) is 11.8 Å². The second kappa shape index (κ2) is 8.15. The minimum absolute atomic E-state index is 0.0821. The molecule has 0 spiro atoms. The molecule has 2 aliphatic heterocycles. The van der Waals surface area contributed by atoms with Gasteiger partial charge in [-0.3, -0.25) is 9.59 Å². The van der Waals surface area contributed by atoms with Crippen LogP contribution in [0.3, 0.4) is 0 Å². The van der Waals surface area contributed by atoms with Crippen LogP contribution in [0.5, 0.6) is 5.75 Å². The molecule has 1 atom stereocenters. The summed E-state index contributed by atoms with van der Waals surface area (Å²) in [7, 11) is 1.61. The highest BCUT2D eigenvalue weighted by Gasteiger charge is 2.37. The van der Waals surface area contributed by atoms with Crippen LogP contribution >= 0.6 is 0 Å². The number of carbonyl (C=O) groups is 2. The first-order chi connectivity index (χ1) is 14.1. The van der Waals surface area contributed by atoms with Crippen molar-refractivity contribution in [1.82, 2.24) is 4.90 Å². The minimum Gasteiger partial charge on any atom is -0.497 e. The van der Waals surface area contributed by atoms with Crippen LogP contribution in [0.4, 0.5) is 11.4 Å². The molecule has 0 saturated carbocycles. The van der Waals surface area contributed by atoms with Crippen LogP contribution in [-0.2, 0) is 0 Å². The second-order valence-corrected chi connectivity index (χ2v) is 7.53. The Balaban J connectivity index is 1.62. The molecule has 2 aromatic rings. The van der Waals surface area contributed by atoms with E-state index in [-0.39, 0.29) is 18.0 Å². The maximum Gasteiger partial charge on any atom is 0.257 e. The van der Waals surface area contributed by atoms with Crippen LogP contribution in [0.15, 0.2) is 42.5 Å². The summed E-state index contributed by atoms with van der Waals surface area (Å²) in [4.78, 5) is 30.2. The maximum absolute atomic E-state index is 13.1. The summed E-state index contributed by atoms with van der Waals surface area (Å²) in [5.41, 5.74) is 2.80. The number of nitrogens with zero attached hydrogens (tertiary/aromatic N) is 2. The summed E-state index contributed by atoms with van der Waals surface area (Å²) < 4.78 is 5.15. The van der Waals surface area contributed by atoms with Crippen molar-refractivity contribution in [3.05, 3.63) is 53.6 Å². The highest BCUT2D eigenvalue weighted by atomic mass is 16.5. The molecular formula is C23H27N3O3. The molecule has 0 aliphatic carbocycles. The zero-order chi connectivity index (χ0) is 20.4. The van der Waals surface area contributed by atoms with Crippen LogP contribution < -0.4 is 15.0 Å². The lowest BCUT2D eigenvalue weighted by Crippen LogP contribution is -2.55. The normalized spacial score (nSPS) is 18.6. The van der Waals surface area contributed by atoms with E-state index in [1.54, 1.807) is 43.5 Å². The van der Waals surface area contributed by atoms with Gasteiger partial charge < -0.3 is 19.9 Å². The molecule has 0 unspecified atom stereocenters. The molecule has 4 rings (SSSR count). The fourth-order valence-electron chi connectivity index (χ4n) is 4.32. The molecule has 6 nitrogen and oxygen atoms in total. The Bertz CT molecular complexity index is 910. The summed E-state index contributed by atoms with van der Waals surface area (Å²) >= 11 is 0. The second-order valence-electron chi connectivity index (χ2n) is 7.53. The first-order valence-corrected chi connectivity index (χ1v) is 10.3. The lowest BCUT2D eigenvalue weighted by Gasteiger charge is -2.44. The number of carbonyl (C=O) groups excluding carboxylic acids is 2. The van der Waals surface area contributed by atoms with Gasteiger partial charge in [0.2, 0.25) is 0 Å². The van der Waals surface area contributed by atoms with Crippen LogP contribution in [0.25, 0.3) is 0 Å². The van der Waals surface area contributed by atoms with Gasteiger partial charge in [-0.2, -0.15) is 0 Å². The Kier molecular flexibility index (Phi) is 5.43. The van der Waals surface area contributed by atoms with Crippen LogP contribution in [-0.4, -0.2) is 43.1 Å². The molecule has 0 bridgehead atoms. The number of methoxy groups -OCH3 is 1. The smallest absolute Gasteiger partial charge is 0.257 e. The summed E-state index contributed by atoms with van der Waals surface area (Å²) in [5.74, 6) is 0.630. The molecule has 1 fully saturated rings. The summed E-state index contributed by atoms with van der Waals surface area (Å²) in [6.07, 6.45) is 4.39. The summed E-state index contributed by atoms with van der Waals surface area (Å²) in [6, 6.07) is 12.6. The maximum atomic E-state index is 13.1. The molecule has 29 heavy (non-hydrogen) atoms. The Morgan fingerprint density at radius 2 is 1.93 bits per heavy atom. The fourth-order valence-corrected chi connectivity index (χ4v) is 4.32. The van der Waals surface area contributed by atoms with Crippen molar-refractivity contribution < 1.29 is 14.3 Å². The van der Waals surface area contributed by atoms with Crippen molar-refractivity contribution in [2.45, 2.75) is 38.8 Å². The van der Waals surface area contributed by atoms with E-state index in [0.29, 0.717) is 16.8 Å². The number of amides is 2. The summed E-state index contributed by atoms with van der Waals surface area (Å²) in [6.45, 7) is 3.71. The Morgan fingerprint density at radius 1 is 1.14 bits per heavy atom. The zero-order valence-electron chi connectivity index (χ0n) is 17.0. The average Bonchev–Trinajstić information content (AvgIpc) is 3.01. The monoisotopic (exact) mass is 393 g/mol. The van der Waals surface area contributed by atoms with Crippen molar-refractivity contribution in [2.24, 2.45) is 0 Å². The Morgan fingerprint density at radius 3 is 2.66 bits per heavy atom. The SMILES string of the molecule is CCN1c2cc(C(=O)Nc3ccc(OC)cc3)ccc2C(=O)N2CCCCC[C@@H]21. The number of hydrogen-bond acceptors (Lipinski definition) is 4. The number of ether oxygens (including phenoxy) is 1. The van der Waals surface area contributed by atoms with Gasteiger partial charge in [0.1, 0.15) is 11.9 Å². The lowest BCUT2D eigenvalue weighted by atomic mass is 10.0. The minimum atomic E-state index is -0.190. The quantitative estimate of drug-likeness (QED) is 0.848. The largest absolute Gasteiger partial charge is 0.497 e. The number of hydrogen-bond donors (Lipinski definition) is 1. The van der Waals surface area contributed by atoms with E-state index in [9.17, 15) is 9.59 Å². The number of benzene rings is 2. The third-order valence-corrected chi connectivity index (χ3v) is 5.83. The third kappa shape index (κ3) is 3.67. The fraction of sp³-hybridized carbons (Fsp3) is 0.391. The lowest BCUT2D eigenvalue weighted by molar-refractivity contribution is 0.0656. The van der Waals surface area contributed by atoms with Crippen LogP contribution in [0.1, 0.15) is 53.3 Å². The van der Waals surface area contributed by atoms with Gasteiger partial charge in [-0.05, 0) is 68.7 Å². The first-order valence-electron chi connectivity index (χ1n) is 10.3. The first kappa shape index (κ1) is 19.3. The van der Waals surface area contributed by atoms with E-state index in [4.69, 9.17) is 4.74 Å². The number of nitrogens with one attached hydrogen (secondary N) is 1. The van der Waals surface area contributed by atoms with Gasteiger partial charge in [-0.1, -0.05) is 6.42 Å². The van der Waals surface area contributed by atoms with E-state index < -0.39 is 0 Å². The number of fused-ring (bicyclic) bond motifs is 2. The van der Waals surface area contributed by atoms with Crippen LogP contribution in [0.2, 0.25) is 0 Å². The standard InChI is InChI=1S/C23H27N3O3/c1-3-25-20-15-16(22(27)24-17-9-11-18(29-2)12-10-17)8-13-19(20)23(28)26-14-6-4-5-7-21(25)26/h8-13,15,21H,3-7,14H2,1-2H3,(H,24,27)/t21-/m1/s1. The molecule has 2 heterocycles. The highest BCUT2D eigenvalue weighted by molar-refractivity contribution is 6.08. The molecule has 2 aliphatic rings. The highest BCUT2D eigenvalue weighted by Crippen LogP contribution is 2.35. The topological polar surface area (TPSA) is 61.9 Å². The van der Waals surface area contributed by atoms with Gasteiger partial charge in [-0.15, -0.1) is 0 Å². The van der Waals surface area contributed by atoms with Crippen molar-refractivity contribution in [3.8, 4) is 5.75 Å². The third-order valence-electron chi connectivity index (χ3n) is 5.83. The summed E-state index contributed by atoms with van der Waals surface area (Å²) in [5, 5.41) is 2.92. The van der Waals surface area contributed by atoms with Gasteiger partial charge in [0.15, 0.2) is 0 Å². The molecule has 2 aromatic carbocycles. The van der Waals surface area contributed by atoms with Gasteiger partial charge in [0.05, 0.1) is 18.4 Å². The molecule has 1 saturated heterocycles. The number of anilines is 2. The molecule has 2 amide bonds. The predicted octanol–water partition coefficient (Wildman–Crippen LogP) is 4.13. The van der Waals surface area contributed by atoms with E-state index in [1.165, 1.54) is 0 Å². The zero-order valence-corrected chi connectivity index (χ0v) is 17.0. The predicted molar refractivity (Wildman–Crippen MR) is 114 cm³/mol. The molecule has 0 aromatic heterocycles.